The lowest BCUT2D eigenvalue weighted by molar-refractivity contribution is 0.392. The van der Waals surface area contributed by atoms with E-state index in [1.54, 1.807) is 6.07 Å². The van der Waals surface area contributed by atoms with E-state index in [9.17, 15) is 4.39 Å². The van der Waals surface area contributed by atoms with Gasteiger partial charge in [0, 0.05) is 23.2 Å². The summed E-state index contributed by atoms with van der Waals surface area (Å²) in [7, 11) is 0. The third-order valence-corrected chi connectivity index (χ3v) is 2.89. The number of rotatable bonds is 3. The lowest BCUT2D eigenvalue weighted by Gasteiger charge is -2.19. The van der Waals surface area contributed by atoms with Gasteiger partial charge in [-0.25, -0.2) is 4.39 Å². The molecule has 0 amide bonds. The van der Waals surface area contributed by atoms with E-state index in [1.165, 1.54) is 12.1 Å². The van der Waals surface area contributed by atoms with Gasteiger partial charge in [-0.2, -0.15) is 0 Å². The minimum Gasteiger partial charge on any atom is -0.356 e. The fourth-order valence-electron chi connectivity index (χ4n) is 1.78. The van der Waals surface area contributed by atoms with Gasteiger partial charge in [0.2, 0.25) is 0 Å². The van der Waals surface area contributed by atoms with Crippen molar-refractivity contribution in [2.75, 3.05) is 0 Å². The molecule has 1 N–H and O–H groups in total. The molecule has 4 heteroatoms. The lowest BCUT2D eigenvalue weighted by Crippen LogP contribution is -2.35. The molecule has 3 nitrogen and oxygen atoms in total. The number of hydrogen-bond acceptors (Lipinski definition) is 3. The van der Waals surface area contributed by atoms with E-state index in [2.05, 4.69) is 31.2 Å². The quantitative estimate of drug-likeness (QED) is 0.917. The predicted octanol–water partition coefficient (Wildman–Crippen LogP) is 3.68. The van der Waals surface area contributed by atoms with Gasteiger partial charge in [0.05, 0.1) is 0 Å². The molecule has 0 unspecified atom stereocenters. The molecule has 0 aliphatic rings. The molecule has 2 rings (SSSR count). The molecule has 0 bridgehead atoms. The molecule has 0 spiro atoms. The van der Waals surface area contributed by atoms with Crippen LogP contribution < -0.4 is 5.32 Å². The van der Waals surface area contributed by atoms with Crippen LogP contribution in [0.15, 0.2) is 28.8 Å². The highest BCUT2D eigenvalue weighted by Crippen LogP contribution is 2.26. The molecule has 19 heavy (non-hydrogen) atoms. The second kappa shape index (κ2) is 5.13. The van der Waals surface area contributed by atoms with Gasteiger partial charge < -0.3 is 9.84 Å². The van der Waals surface area contributed by atoms with E-state index >= 15 is 0 Å². The van der Waals surface area contributed by atoms with Crippen LogP contribution in [0.1, 0.15) is 32.0 Å². The second-order valence-electron chi connectivity index (χ2n) is 5.70. The maximum absolute atomic E-state index is 13.2. The average molecular weight is 262 g/mol. The third-order valence-electron chi connectivity index (χ3n) is 2.89. The van der Waals surface area contributed by atoms with E-state index in [4.69, 9.17) is 4.52 Å². The summed E-state index contributed by atoms with van der Waals surface area (Å²) in [5.74, 6) is 0.355. The average Bonchev–Trinajstić information content (AvgIpc) is 2.67. The molecule has 0 saturated heterocycles. The van der Waals surface area contributed by atoms with Gasteiger partial charge in [-0.15, -0.1) is 0 Å². The van der Waals surface area contributed by atoms with Gasteiger partial charge in [0.15, 0.2) is 5.76 Å². The number of nitrogens with zero attached hydrogens (tertiary/aromatic N) is 1. The van der Waals surface area contributed by atoms with Gasteiger partial charge >= 0.3 is 0 Å². The first-order valence-electron chi connectivity index (χ1n) is 6.33. The van der Waals surface area contributed by atoms with Crippen LogP contribution in [-0.2, 0) is 6.54 Å². The second-order valence-corrected chi connectivity index (χ2v) is 5.70. The van der Waals surface area contributed by atoms with Crippen molar-refractivity contribution in [3.05, 3.63) is 41.3 Å². The van der Waals surface area contributed by atoms with Crippen molar-refractivity contribution in [3.8, 4) is 11.3 Å². The first-order chi connectivity index (χ1) is 8.87. The first kappa shape index (κ1) is 13.7. The van der Waals surface area contributed by atoms with Crippen LogP contribution in [0.5, 0.6) is 0 Å². The van der Waals surface area contributed by atoms with Crippen LogP contribution in [0, 0.1) is 12.7 Å². The normalized spacial score (nSPS) is 11.8. The van der Waals surface area contributed by atoms with Crippen LogP contribution >= 0.6 is 0 Å². The zero-order valence-corrected chi connectivity index (χ0v) is 11.7. The van der Waals surface area contributed by atoms with Crippen molar-refractivity contribution in [2.24, 2.45) is 0 Å². The summed E-state index contributed by atoms with van der Waals surface area (Å²) in [5, 5.41) is 7.42. The number of nitrogens with one attached hydrogen (secondary N) is 1. The monoisotopic (exact) mass is 262 g/mol. The molecule has 0 aliphatic carbocycles. The van der Waals surface area contributed by atoms with Gasteiger partial charge in [-0.3, -0.25) is 0 Å². The molecule has 2 aromatic rings. The van der Waals surface area contributed by atoms with Crippen LogP contribution in [0.4, 0.5) is 4.39 Å². The summed E-state index contributed by atoms with van der Waals surface area (Å²) in [6.07, 6.45) is 0. The Morgan fingerprint density at radius 2 is 2.05 bits per heavy atom. The Morgan fingerprint density at radius 1 is 1.32 bits per heavy atom. The first-order valence-corrected chi connectivity index (χ1v) is 6.33. The highest BCUT2D eigenvalue weighted by Gasteiger charge is 2.16. The summed E-state index contributed by atoms with van der Waals surface area (Å²) in [6, 6.07) is 6.35. The summed E-state index contributed by atoms with van der Waals surface area (Å²) >= 11 is 0. The van der Waals surface area contributed by atoms with Crippen LogP contribution in [0.3, 0.4) is 0 Å². The molecule has 102 valence electrons. The molecule has 1 heterocycles. The molecular weight excluding hydrogens is 243 g/mol. The van der Waals surface area contributed by atoms with E-state index < -0.39 is 0 Å². The van der Waals surface area contributed by atoms with Gasteiger partial charge in [0.25, 0.3) is 0 Å². The molecule has 0 radical (unpaired) electrons. The van der Waals surface area contributed by atoms with Crippen molar-refractivity contribution >= 4 is 0 Å². The Morgan fingerprint density at radius 3 is 2.68 bits per heavy atom. The van der Waals surface area contributed by atoms with Crippen LogP contribution in [0.25, 0.3) is 11.3 Å². The molecule has 0 fully saturated rings. The van der Waals surface area contributed by atoms with E-state index in [-0.39, 0.29) is 11.4 Å². The smallest absolute Gasteiger partial charge is 0.170 e. The number of halogens is 1. The standard InChI is InChI=1S/C15H19FN2O/c1-10-13(9-17-15(2,3)4)18-19-14(10)11-6-5-7-12(16)8-11/h5-8,17H,9H2,1-4H3. The zero-order valence-electron chi connectivity index (χ0n) is 11.7. The van der Waals surface area contributed by atoms with E-state index in [0.29, 0.717) is 17.9 Å². The molecular formula is C15H19FN2O. The maximum atomic E-state index is 13.2. The van der Waals surface area contributed by atoms with Gasteiger partial charge in [-0.05, 0) is 39.8 Å². The SMILES string of the molecule is Cc1c(CNC(C)(C)C)noc1-c1cccc(F)c1. The summed E-state index contributed by atoms with van der Waals surface area (Å²) in [5.41, 5.74) is 2.54. The van der Waals surface area contributed by atoms with Crippen LogP contribution in [-0.4, -0.2) is 10.7 Å². The van der Waals surface area contributed by atoms with Gasteiger partial charge in [0.1, 0.15) is 11.5 Å². The lowest BCUT2D eigenvalue weighted by atomic mass is 10.1. The fraction of sp³-hybridized carbons (Fsp3) is 0.400. The largest absolute Gasteiger partial charge is 0.356 e. The Bertz CT molecular complexity index is 570. The zero-order chi connectivity index (χ0) is 14.0. The fourth-order valence-corrected chi connectivity index (χ4v) is 1.78. The Kier molecular flexibility index (Phi) is 3.71. The molecule has 0 atom stereocenters. The highest BCUT2D eigenvalue weighted by atomic mass is 19.1. The number of aromatic nitrogens is 1. The summed E-state index contributed by atoms with van der Waals surface area (Å²) < 4.78 is 18.6. The molecule has 1 aromatic heterocycles. The summed E-state index contributed by atoms with van der Waals surface area (Å²) in [4.78, 5) is 0. The van der Waals surface area contributed by atoms with Crippen molar-refractivity contribution in [1.82, 2.24) is 10.5 Å². The molecule has 1 aromatic carbocycles. The van der Waals surface area contributed by atoms with E-state index in [0.717, 1.165) is 11.3 Å². The van der Waals surface area contributed by atoms with E-state index in [1.807, 2.05) is 13.0 Å². The predicted molar refractivity (Wildman–Crippen MR) is 73.2 cm³/mol. The van der Waals surface area contributed by atoms with Crippen molar-refractivity contribution in [2.45, 2.75) is 39.8 Å². The van der Waals surface area contributed by atoms with Crippen molar-refractivity contribution in [3.63, 3.8) is 0 Å². The van der Waals surface area contributed by atoms with Crippen molar-refractivity contribution in [1.29, 1.82) is 0 Å². The molecule has 0 aliphatic heterocycles. The van der Waals surface area contributed by atoms with Crippen molar-refractivity contribution < 1.29 is 8.91 Å². The van der Waals surface area contributed by atoms with Gasteiger partial charge in [-0.1, -0.05) is 17.3 Å². The molecule has 0 saturated carbocycles. The Balaban J connectivity index is 2.23. The number of benzene rings is 1. The minimum absolute atomic E-state index is 0.0183. The third kappa shape index (κ3) is 3.41. The Labute approximate surface area is 112 Å². The van der Waals surface area contributed by atoms with Crippen LogP contribution in [0.2, 0.25) is 0 Å². The maximum Gasteiger partial charge on any atom is 0.170 e. The summed E-state index contributed by atoms with van der Waals surface area (Å²) in [6.45, 7) is 8.85. The number of hydrogen-bond donors (Lipinski definition) is 1. The topological polar surface area (TPSA) is 38.1 Å². The Hall–Kier alpha value is -1.68. The minimum atomic E-state index is -0.275. The highest BCUT2D eigenvalue weighted by molar-refractivity contribution is 5.61.